The third-order valence-electron chi connectivity index (χ3n) is 7.36. The van der Waals surface area contributed by atoms with Gasteiger partial charge < -0.3 is 0 Å². The van der Waals surface area contributed by atoms with Crippen LogP contribution in [0, 0.1) is 23.5 Å². The lowest BCUT2D eigenvalue weighted by molar-refractivity contribution is 0.253. The summed E-state index contributed by atoms with van der Waals surface area (Å²) in [5, 5.41) is 0. The van der Waals surface area contributed by atoms with E-state index in [1.54, 1.807) is 12.1 Å². The van der Waals surface area contributed by atoms with Gasteiger partial charge in [-0.05, 0) is 61.8 Å². The van der Waals surface area contributed by atoms with Crippen LogP contribution < -0.4 is 0 Å². The molecule has 1 unspecified atom stereocenters. The smallest absolute Gasteiger partial charge is 0.166 e. The molecule has 2 aliphatic carbocycles. The summed E-state index contributed by atoms with van der Waals surface area (Å²) >= 11 is 0. The van der Waals surface area contributed by atoms with Crippen LogP contribution in [0.5, 0.6) is 0 Å². The van der Waals surface area contributed by atoms with E-state index in [1.165, 1.54) is 50.5 Å². The normalized spacial score (nSPS) is 24.9. The maximum atomic E-state index is 14.8. The number of hydrogen-bond acceptors (Lipinski definition) is 0. The monoisotopic (exact) mass is 414 g/mol. The van der Waals surface area contributed by atoms with Crippen LogP contribution in [0.3, 0.4) is 0 Å². The van der Waals surface area contributed by atoms with Crippen molar-refractivity contribution >= 4 is 6.08 Å². The Morgan fingerprint density at radius 3 is 2.27 bits per heavy atom. The van der Waals surface area contributed by atoms with Crippen molar-refractivity contribution in [2.24, 2.45) is 11.8 Å². The van der Waals surface area contributed by atoms with E-state index in [4.69, 9.17) is 0 Å². The van der Waals surface area contributed by atoms with Crippen LogP contribution in [0.1, 0.15) is 114 Å². The van der Waals surface area contributed by atoms with E-state index in [1.807, 2.05) is 12.1 Å². The topological polar surface area (TPSA) is 0 Å². The minimum atomic E-state index is -0.674. The van der Waals surface area contributed by atoms with Gasteiger partial charge in [-0.15, -0.1) is 0 Å². The molecule has 0 heterocycles. The molecule has 2 heteroatoms. The Bertz CT molecular complexity index is 722. The van der Waals surface area contributed by atoms with E-state index in [0.717, 1.165) is 50.4 Å². The minimum Gasteiger partial charge on any atom is -0.203 e. The first-order chi connectivity index (χ1) is 14.6. The highest BCUT2D eigenvalue weighted by atomic mass is 19.2. The second kappa shape index (κ2) is 11.8. The van der Waals surface area contributed by atoms with Crippen LogP contribution >= 0.6 is 0 Å². The Labute approximate surface area is 182 Å². The molecular formula is C28H40F2. The molecule has 1 atom stereocenters. The first-order valence-corrected chi connectivity index (χ1v) is 12.4. The van der Waals surface area contributed by atoms with Crippen LogP contribution in [0.4, 0.5) is 8.78 Å². The molecule has 0 spiro atoms. The fourth-order valence-electron chi connectivity index (χ4n) is 5.50. The van der Waals surface area contributed by atoms with Gasteiger partial charge in [0.05, 0.1) is 0 Å². The number of allylic oxidation sites excluding steroid dienone is 3. The molecule has 30 heavy (non-hydrogen) atoms. The van der Waals surface area contributed by atoms with Gasteiger partial charge in [-0.3, -0.25) is 0 Å². The molecule has 2 aliphatic rings. The lowest BCUT2D eigenvalue weighted by atomic mass is 9.78. The summed E-state index contributed by atoms with van der Waals surface area (Å²) in [5.41, 5.74) is 2.43. The molecule has 0 N–H and O–H groups in total. The van der Waals surface area contributed by atoms with Crippen molar-refractivity contribution in [3.05, 3.63) is 52.6 Å². The van der Waals surface area contributed by atoms with Gasteiger partial charge in [0.15, 0.2) is 11.6 Å². The summed E-state index contributed by atoms with van der Waals surface area (Å²) in [6.45, 7) is 4.47. The molecule has 166 valence electrons. The van der Waals surface area contributed by atoms with Gasteiger partial charge in [-0.2, -0.15) is 0 Å². The van der Waals surface area contributed by atoms with Crippen molar-refractivity contribution in [1.82, 2.24) is 0 Å². The van der Waals surface area contributed by atoms with E-state index < -0.39 is 11.6 Å². The van der Waals surface area contributed by atoms with Crippen molar-refractivity contribution < 1.29 is 8.78 Å². The zero-order valence-corrected chi connectivity index (χ0v) is 19.1. The number of rotatable bonds is 9. The number of halogens is 2. The largest absolute Gasteiger partial charge is 0.203 e. The molecule has 3 rings (SSSR count). The highest BCUT2D eigenvalue weighted by Crippen LogP contribution is 2.36. The third kappa shape index (κ3) is 6.28. The fraction of sp³-hybridized carbons (Fsp3) is 0.643. The van der Waals surface area contributed by atoms with Gasteiger partial charge in [-0.25, -0.2) is 8.78 Å². The van der Waals surface area contributed by atoms with E-state index >= 15 is 0 Å². The second-order valence-electron chi connectivity index (χ2n) is 9.61. The lowest BCUT2D eigenvalue weighted by Crippen LogP contribution is -2.14. The molecule has 0 amide bonds. The van der Waals surface area contributed by atoms with Gasteiger partial charge in [0.1, 0.15) is 0 Å². The van der Waals surface area contributed by atoms with Crippen LogP contribution in [0.15, 0.2) is 29.9 Å². The van der Waals surface area contributed by atoms with Crippen molar-refractivity contribution in [3.63, 3.8) is 0 Å². The van der Waals surface area contributed by atoms with Crippen LogP contribution in [-0.4, -0.2) is 0 Å². The molecule has 0 aromatic heterocycles. The number of benzene rings is 1. The molecule has 1 saturated carbocycles. The van der Waals surface area contributed by atoms with Crippen molar-refractivity contribution in [3.8, 4) is 0 Å². The Morgan fingerprint density at radius 2 is 1.63 bits per heavy atom. The van der Waals surface area contributed by atoms with Crippen molar-refractivity contribution in [2.75, 3.05) is 0 Å². The predicted molar refractivity (Wildman–Crippen MR) is 125 cm³/mol. The fourth-order valence-corrected chi connectivity index (χ4v) is 5.50. The van der Waals surface area contributed by atoms with Gasteiger partial charge in [0.2, 0.25) is 0 Å². The molecule has 1 aromatic carbocycles. The first-order valence-electron chi connectivity index (χ1n) is 12.4. The lowest BCUT2D eigenvalue weighted by Gasteiger charge is -2.28. The molecule has 0 aliphatic heterocycles. The van der Waals surface area contributed by atoms with Crippen molar-refractivity contribution in [1.29, 1.82) is 0 Å². The zero-order valence-electron chi connectivity index (χ0n) is 19.1. The predicted octanol–water partition coefficient (Wildman–Crippen LogP) is 9.36. The first kappa shape index (κ1) is 23.2. The standard InChI is InChI=1S/C28H40F2/c1-3-7-21-11-13-23(14-12-21)9-5-6-10-25-19-20-26(28(30)27(25)29)24-17-15-22(8-4-2)16-18-24/h6,10,15,19-21,23-24H,3-5,7-9,11-14,16-18H2,1-2H3/b10-6+. The highest BCUT2D eigenvalue weighted by molar-refractivity contribution is 5.51. The summed E-state index contributed by atoms with van der Waals surface area (Å²) in [4.78, 5) is 0. The minimum absolute atomic E-state index is 0.112. The molecule has 0 saturated heterocycles. The Balaban J connectivity index is 1.51. The summed E-state index contributed by atoms with van der Waals surface area (Å²) in [6.07, 6.45) is 21.4. The van der Waals surface area contributed by atoms with Gasteiger partial charge in [-0.1, -0.05) is 94.7 Å². The maximum Gasteiger partial charge on any atom is 0.166 e. The molecular weight excluding hydrogens is 374 g/mol. The van der Waals surface area contributed by atoms with E-state index in [9.17, 15) is 8.78 Å². The van der Waals surface area contributed by atoms with Gasteiger partial charge in [0, 0.05) is 5.56 Å². The highest BCUT2D eigenvalue weighted by Gasteiger charge is 2.22. The zero-order chi connectivity index (χ0) is 21.3. The summed E-state index contributed by atoms with van der Waals surface area (Å²) in [7, 11) is 0. The molecule has 1 aromatic rings. The van der Waals surface area contributed by atoms with Gasteiger partial charge in [0.25, 0.3) is 0 Å². The molecule has 0 bridgehead atoms. The molecule has 1 fully saturated rings. The summed E-state index contributed by atoms with van der Waals surface area (Å²) < 4.78 is 29.4. The Morgan fingerprint density at radius 1 is 0.900 bits per heavy atom. The third-order valence-corrected chi connectivity index (χ3v) is 7.36. The molecule has 0 radical (unpaired) electrons. The summed E-state index contributed by atoms with van der Waals surface area (Å²) in [6, 6.07) is 3.59. The van der Waals surface area contributed by atoms with E-state index in [0.29, 0.717) is 11.1 Å². The summed E-state index contributed by atoms with van der Waals surface area (Å²) in [5.74, 6) is 0.552. The van der Waals surface area contributed by atoms with Gasteiger partial charge >= 0.3 is 0 Å². The Hall–Kier alpha value is -1.44. The SMILES string of the molecule is CCCC1=CCC(c2ccc(/C=C/CCC3CCC(CCC)CC3)c(F)c2F)CC1. The average molecular weight is 415 g/mol. The average Bonchev–Trinajstić information content (AvgIpc) is 2.76. The van der Waals surface area contributed by atoms with Crippen LogP contribution in [-0.2, 0) is 0 Å². The number of hydrogen-bond donors (Lipinski definition) is 0. The molecule has 0 nitrogen and oxygen atoms in total. The van der Waals surface area contributed by atoms with Crippen LogP contribution in [0.25, 0.3) is 6.08 Å². The van der Waals surface area contributed by atoms with Crippen LogP contribution in [0.2, 0.25) is 0 Å². The quantitative estimate of drug-likeness (QED) is 0.353. The Kier molecular flexibility index (Phi) is 9.15. The maximum absolute atomic E-state index is 14.8. The van der Waals surface area contributed by atoms with E-state index in [-0.39, 0.29) is 5.92 Å². The van der Waals surface area contributed by atoms with Crippen molar-refractivity contribution in [2.45, 2.75) is 103 Å². The van der Waals surface area contributed by atoms with E-state index in [2.05, 4.69) is 19.9 Å². The second-order valence-corrected chi connectivity index (χ2v) is 9.61.